The molecule has 2 nitrogen and oxygen atoms in total. The average molecular weight is 184 g/mol. The van der Waals surface area contributed by atoms with Crippen LogP contribution in [0.3, 0.4) is 0 Å². The Labute approximate surface area is 80.7 Å². The highest BCUT2D eigenvalue weighted by molar-refractivity contribution is 5.69. The van der Waals surface area contributed by atoms with Crippen LogP contribution in [0.2, 0.25) is 0 Å². The van der Waals surface area contributed by atoms with Crippen molar-refractivity contribution in [2.75, 3.05) is 6.61 Å². The number of rotatable bonds is 6. The Kier molecular flexibility index (Phi) is 4.87. The van der Waals surface area contributed by atoms with Gasteiger partial charge in [-0.3, -0.25) is 4.79 Å². The van der Waals surface area contributed by atoms with Crippen molar-refractivity contribution in [1.82, 2.24) is 0 Å². The molecular weight excluding hydrogens is 164 g/mol. The molecule has 1 saturated carbocycles. The maximum atomic E-state index is 11.1. The van der Waals surface area contributed by atoms with Crippen LogP contribution in [0.5, 0.6) is 0 Å². The molecular formula is C11H20O2. The van der Waals surface area contributed by atoms with Gasteiger partial charge in [0.2, 0.25) is 0 Å². The van der Waals surface area contributed by atoms with Crippen molar-refractivity contribution < 1.29 is 9.53 Å². The second kappa shape index (κ2) is 6.01. The number of hydrogen-bond donors (Lipinski definition) is 0. The Morgan fingerprint density at radius 3 is 2.77 bits per heavy atom. The van der Waals surface area contributed by atoms with Crippen LogP contribution in [0.1, 0.15) is 51.9 Å². The fourth-order valence-electron chi connectivity index (χ4n) is 1.51. The van der Waals surface area contributed by atoms with Gasteiger partial charge in [-0.25, -0.2) is 0 Å². The first kappa shape index (κ1) is 10.6. The minimum atomic E-state index is 0.000324. The Bertz CT molecular complexity index is 150. The first-order valence-corrected chi connectivity index (χ1v) is 5.48. The molecule has 0 saturated heterocycles. The van der Waals surface area contributed by atoms with Crippen LogP contribution in [-0.4, -0.2) is 12.6 Å². The van der Waals surface area contributed by atoms with Crippen LogP contribution in [-0.2, 0) is 9.53 Å². The van der Waals surface area contributed by atoms with Crippen LogP contribution in [0.15, 0.2) is 0 Å². The fourth-order valence-corrected chi connectivity index (χ4v) is 1.51. The topological polar surface area (TPSA) is 26.3 Å². The highest BCUT2D eigenvalue weighted by Gasteiger charge is 2.18. The predicted octanol–water partition coefficient (Wildman–Crippen LogP) is 2.91. The minimum Gasteiger partial charge on any atom is -0.466 e. The molecule has 0 unspecified atom stereocenters. The van der Waals surface area contributed by atoms with Crippen molar-refractivity contribution >= 4 is 5.97 Å². The summed E-state index contributed by atoms with van der Waals surface area (Å²) in [4.78, 5) is 11.1. The summed E-state index contributed by atoms with van der Waals surface area (Å²) in [5.74, 6) is 0.819. The van der Waals surface area contributed by atoms with Crippen molar-refractivity contribution in [3.05, 3.63) is 0 Å². The van der Waals surface area contributed by atoms with Gasteiger partial charge in [-0.05, 0) is 18.8 Å². The molecule has 0 aliphatic heterocycles. The van der Waals surface area contributed by atoms with Gasteiger partial charge in [0.15, 0.2) is 0 Å². The molecule has 1 aliphatic carbocycles. The van der Waals surface area contributed by atoms with Gasteiger partial charge >= 0.3 is 5.97 Å². The summed E-state index contributed by atoms with van der Waals surface area (Å²) in [5.41, 5.74) is 0. The molecule has 0 radical (unpaired) electrons. The van der Waals surface area contributed by atoms with Gasteiger partial charge in [-0.2, -0.15) is 0 Å². The van der Waals surface area contributed by atoms with Crippen molar-refractivity contribution in [3.63, 3.8) is 0 Å². The summed E-state index contributed by atoms with van der Waals surface area (Å²) in [6.07, 6.45) is 7.77. The molecule has 13 heavy (non-hydrogen) atoms. The van der Waals surface area contributed by atoms with Gasteiger partial charge in [-0.1, -0.05) is 32.6 Å². The summed E-state index contributed by atoms with van der Waals surface area (Å²) >= 11 is 0. The number of unbranched alkanes of at least 4 members (excludes halogenated alkanes) is 1. The zero-order chi connectivity index (χ0) is 9.52. The van der Waals surface area contributed by atoms with Crippen LogP contribution in [0.25, 0.3) is 0 Å². The number of esters is 1. The van der Waals surface area contributed by atoms with E-state index in [9.17, 15) is 4.79 Å². The van der Waals surface area contributed by atoms with Gasteiger partial charge in [0, 0.05) is 6.42 Å². The lowest BCUT2D eigenvalue weighted by Gasteiger charge is -2.24. The third-order valence-corrected chi connectivity index (χ3v) is 2.74. The molecule has 0 heterocycles. The zero-order valence-electron chi connectivity index (χ0n) is 8.55. The molecule has 1 rings (SSSR count). The molecule has 76 valence electrons. The monoisotopic (exact) mass is 184 g/mol. The molecule has 1 aliphatic rings. The third kappa shape index (κ3) is 4.30. The normalized spacial score (nSPS) is 16.7. The zero-order valence-corrected chi connectivity index (χ0v) is 8.55. The number of ether oxygens (including phenoxy) is 1. The molecule has 2 heteroatoms. The van der Waals surface area contributed by atoms with E-state index in [-0.39, 0.29) is 5.97 Å². The summed E-state index contributed by atoms with van der Waals surface area (Å²) in [7, 11) is 0. The molecule has 0 aromatic heterocycles. The smallest absolute Gasteiger partial charge is 0.305 e. The van der Waals surface area contributed by atoms with E-state index < -0.39 is 0 Å². The predicted molar refractivity (Wildman–Crippen MR) is 52.4 cm³/mol. The lowest BCUT2D eigenvalue weighted by Crippen LogP contribution is -2.14. The molecule has 1 fully saturated rings. The molecule has 0 amide bonds. The van der Waals surface area contributed by atoms with Crippen molar-refractivity contribution in [3.8, 4) is 0 Å². The van der Waals surface area contributed by atoms with E-state index in [1.807, 2.05) is 0 Å². The van der Waals surface area contributed by atoms with Gasteiger partial charge < -0.3 is 4.74 Å². The van der Waals surface area contributed by atoms with Gasteiger partial charge in [0.25, 0.3) is 0 Å². The first-order chi connectivity index (χ1) is 6.33. The summed E-state index contributed by atoms with van der Waals surface area (Å²) in [6, 6.07) is 0. The van der Waals surface area contributed by atoms with E-state index in [1.165, 1.54) is 19.3 Å². The first-order valence-electron chi connectivity index (χ1n) is 5.48. The molecule has 0 spiro atoms. The van der Waals surface area contributed by atoms with Crippen LogP contribution >= 0.6 is 0 Å². The summed E-state index contributed by atoms with van der Waals surface area (Å²) < 4.78 is 5.06. The van der Waals surface area contributed by atoms with E-state index in [2.05, 4.69) is 6.92 Å². The Morgan fingerprint density at radius 2 is 2.23 bits per heavy atom. The van der Waals surface area contributed by atoms with E-state index in [1.54, 1.807) is 0 Å². The maximum Gasteiger partial charge on any atom is 0.305 e. The fraction of sp³-hybridized carbons (Fsp3) is 0.909. The van der Waals surface area contributed by atoms with Crippen molar-refractivity contribution in [1.29, 1.82) is 0 Å². The third-order valence-electron chi connectivity index (χ3n) is 2.74. The molecule has 0 N–H and O–H groups in total. The van der Waals surface area contributed by atoms with E-state index in [0.717, 1.165) is 25.2 Å². The van der Waals surface area contributed by atoms with Crippen LogP contribution in [0, 0.1) is 5.92 Å². The number of hydrogen-bond acceptors (Lipinski definition) is 2. The largest absolute Gasteiger partial charge is 0.466 e. The lowest BCUT2D eigenvalue weighted by molar-refractivity contribution is -0.144. The van der Waals surface area contributed by atoms with E-state index in [0.29, 0.717) is 13.0 Å². The SMILES string of the molecule is CCCCOC(=O)CCC1CCC1. The Morgan fingerprint density at radius 1 is 1.46 bits per heavy atom. The number of carbonyl (C=O) groups excluding carboxylic acids is 1. The molecule has 0 aromatic carbocycles. The van der Waals surface area contributed by atoms with Gasteiger partial charge in [0.05, 0.1) is 6.61 Å². The highest BCUT2D eigenvalue weighted by Crippen LogP contribution is 2.30. The van der Waals surface area contributed by atoms with E-state index >= 15 is 0 Å². The Balaban J connectivity index is 1.90. The molecule has 0 bridgehead atoms. The Hall–Kier alpha value is -0.530. The van der Waals surface area contributed by atoms with E-state index in [4.69, 9.17) is 4.74 Å². The number of carbonyl (C=O) groups is 1. The standard InChI is InChI=1S/C11H20O2/c1-2-3-9-13-11(12)8-7-10-5-4-6-10/h10H,2-9H2,1H3. The highest BCUT2D eigenvalue weighted by atomic mass is 16.5. The summed E-state index contributed by atoms with van der Waals surface area (Å²) in [6.45, 7) is 2.71. The van der Waals surface area contributed by atoms with Gasteiger partial charge in [0.1, 0.15) is 0 Å². The molecule has 0 aromatic rings. The minimum absolute atomic E-state index is 0.000324. The second-order valence-corrected chi connectivity index (χ2v) is 3.91. The lowest BCUT2D eigenvalue weighted by atomic mass is 9.82. The van der Waals surface area contributed by atoms with Gasteiger partial charge in [-0.15, -0.1) is 0 Å². The summed E-state index contributed by atoms with van der Waals surface area (Å²) in [5, 5.41) is 0. The molecule has 0 atom stereocenters. The average Bonchev–Trinajstić information content (AvgIpc) is 2.02. The maximum absolute atomic E-state index is 11.1. The second-order valence-electron chi connectivity index (χ2n) is 3.91. The van der Waals surface area contributed by atoms with Crippen LogP contribution < -0.4 is 0 Å². The van der Waals surface area contributed by atoms with Crippen molar-refractivity contribution in [2.24, 2.45) is 5.92 Å². The van der Waals surface area contributed by atoms with Crippen LogP contribution in [0.4, 0.5) is 0 Å². The van der Waals surface area contributed by atoms with Crippen molar-refractivity contribution in [2.45, 2.75) is 51.9 Å². The quantitative estimate of drug-likeness (QED) is 0.468.